The van der Waals surface area contributed by atoms with E-state index < -0.39 is 0 Å². The maximum atomic E-state index is 5.93. The number of rotatable bonds is 3. The van der Waals surface area contributed by atoms with E-state index in [1.165, 1.54) is 0 Å². The van der Waals surface area contributed by atoms with Crippen molar-refractivity contribution >= 4 is 17.1 Å². The molecule has 2 N–H and O–H groups in total. The van der Waals surface area contributed by atoms with Gasteiger partial charge in [-0.3, -0.25) is 4.57 Å². The Bertz CT molecular complexity index is 730. The predicted molar refractivity (Wildman–Crippen MR) is 68.6 cm³/mol. The summed E-state index contributed by atoms with van der Waals surface area (Å²) >= 11 is 0. The van der Waals surface area contributed by atoms with Crippen LogP contribution in [0.3, 0.4) is 0 Å². The van der Waals surface area contributed by atoms with Crippen molar-refractivity contribution in [2.24, 2.45) is 7.05 Å². The number of fused-ring (bicyclic) bond motifs is 1. The number of methoxy groups -OCH3 is 1. The Morgan fingerprint density at radius 3 is 2.84 bits per heavy atom. The smallest absolute Gasteiger partial charge is 0.215 e. The number of hydrogen-bond acceptors (Lipinski definition) is 6. The Hall–Kier alpha value is -2.64. The fraction of sp³-hybridized carbons (Fsp3) is 0.273. The third-order valence-electron chi connectivity index (χ3n) is 2.91. The maximum Gasteiger partial charge on any atom is 0.215 e. The van der Waals surface area contributed by atoms with Crippen molar-refractivity contribution in [2.45, 2.75) is 6.54 Å². The SMILES string of the molecule is COc1ccc2nc(N)n(Cc3nncn3C)c2n1. The number of aryl methyl sites for hydroxylation is 1. The first kappa shape index (κ1) is 11.5. The Morgan fingerprint density at radius 1 is 1.32 bits per heavy atom. The molecule has 0 spiro atoms. The van der Waals surface area contributed by atoms with Gasteiger partial charge in [0.15, 0.2) is 11.5 Å². The monoisotopic (exact) mass is 259 g/mol. The van der Waals surface area contributed by atoms with Gasteiger partial charge in [0.1, 0.15) is 11.8 Å². The first-order valence-corrected chi connectivity index (χ1v) is 5.68. The van der Waals surface area contributed by atoms with Gasteiger partial charge in [0, 0.05) is 13.1 Å². The van der Waals surface area contributed by atoms with Crippen LogP contribution in [-0.4, -0.2) is 36.4 Å². The van der Waals surface area contributed by atoms with Gasteiger partial charge >= 0.3 is 0 Å². The molecule has 3 aromatic heterocycles. The fourth-order valence-electron chi connectivity index (χ4n) is 1.86. The van der Waals surface area contributed by atoms with Gasteiger partial charge in [-0.15, -0.1) is 10.2 Å². The Balaban J connectivity index is 2.11. The molecule has 0 fully saturated rings. The first-order chi connectivity index (χ1) is 9.19. The molecule has 0 aliphatic carbocycles. The number of imidazole rings is 1. The van der Waals surface area contributed by atoms with Crippen LogP contribution in [0.4, 0.5) is 5.95 Å². The highest BCUT2D eigenvalue weighted by Crippen LogP contribution is 2.20. The summed E-state index contributed by atoms with van der Waals surface area (Å²) in [6.07, 6.45) is 1.64. The van der Waals surface area contributed by atoms with E-state index in [1.807, 2.05) is 17.7 Å². The zero-order chi connectivity index (χ0) is 13.4. The van der Waals surface area contributed by atoms with Gasteiger partial charge < -0.3 is 15.0 Å². The molecular formula is C11H13N7O. The lowest BCUT2D eigenvalue weighted by atomic mass is 10.4. The summed E-state index contributed by atoms with van der Waals surface area (Å²) in [5.41, 5.74) is 7.31. The molecular weight excluding hydrogens is 246 g/mol. The predicted octanol–water partition coefficient (Wildman–Crippen LogP) is 0.199. The molecule has 98 valence electrons. The molecule has 0 saturated heterocycles. The van der Waals surface area contributed by atoms with Gasteiger partial charge in [-0.05, 0) is 6.07 Å². The zero-order valence-corrected chi connectivity index (χ0v) is 10.6. The fourth-order valence-corrected chi connectivity index (χ4v) is 1.86. The van der Waals surface area contributed by atoms with Crippen molar-refractivity contribution in [1.82, 2.24) is 29.3 Å². The van der Waals surface area contributed by atoms with Crippen LogP contribution in [0.5, 0.6) is 5.88 Å². The van der Waals surface area contributed by atoms with Gasteiger partial charge in [0.05, 0.1) is 13.7 Å². The third kappa shape index (κ3) is 1.86. The van der Waals surface area contributed by atoms with Crippen molar-refractivity contribution in [3.8, 4) is 5.88 Å². The van der Waals surface area contributed by atoms with Crippen LogP contribution in [0, 0.1) is 0 Å². The van der Waals surface area contributed by atoms with Crippen LogP contribution >= 0.6 is 0 Å². The van der Waals surface area contributed by atoms with Gasteiger partial charge in [-0.1, -0.05) is 0 Å². The van der Waals surface area contributed by atoms with Gasteiger partial charge in [0.25, 0.3) is 0 Å². The minimum Gasteiger partial charge on any atom is -0.481 e. The highest BCUT2D eigenvalue weighted by Gasteiger charge is 2.13. The van der Waals surface area contributed by atoms with Crippen LogP contribution in [0.2, 0.25) is 0 Å². The third-order valence-corrected chi connectivity index (χ3v) is 2.91. The van der Waals surface area contributed by atoms with E-state index in [-0.39, 0.29) is 0 Å². The minimum absolute atomic E-state index is 0.388. The second-order valence-corrected chi connectivity index (χ2v) is 4.11. The van der Waals surface area contributed by atoms with E-state index in [0.717, 1.165) is 11.3 Å². The molecule has 0 aromatic carbocycles. The molecule has 19 heavy (non-hydrogen) atoms. The van der Waals surface area contributed by atoms with Crippen molar-refractivity contribution in [2.75, 3.05) is 12.8 Å². The van der Waals surface area contributed by atoms with Gasteiger partial charge in [-0.2, -0.15) is 4.98 Å². The summed E-state index contributed by atoms with van der Waals surface area (Å²) in [6.45, 7) is 0.457. The number of nitrogens with zero attached hydrogens (tertiary/aromatic N) is 6. The summed E-state index contributed by atoms with van der Waals surface area (Å²) in [5.74, 6) is 1.68. The first-order valence-electron chi connectivity index (χ1n) is 5.68. The minimum atomic E-state index is 0.388. The lowest BCUT2D eigenvalue weighted by Crippen LogP contribution is -2.09. The summed E-state index contributed by atoms with van der Waals surface area (Å²) in [5, 5.41) is 7.87. The van der Waals surface area contributed by atoms with Crippen LogP contribution in [0.1, 0.15) is 5.82 Å². The molecule has 3 aromatic rings. The number of anilines is 1. The standard InChI is InChI=1S/C11H13N7O/c1-17-6-13-16-8(17)5-18-10-7(14-11(18)12)3-4-9(15-10)19-2/h3-4,6H,5H2,1-2H3,(H2,12,14). The van der Waals surface area contributed by atoms with E-state index in [1.54, 1.807) is 24.1 Å². The number of pyridine rings is 1. The summed E-state index contributed by atoms with van der Waals surface area (Å²) in [4.78, 5) is 8.63. The van der Waals surface area contributed by atoms with Gasteiger partial charge in [0.2, 0.25) is 11.8 Å². The molecule has 0 atom stereocenters. The molecule has 0 aliphatic rings. The van der Waals surface area contributed by atoms with E-state index in [0.29, 0.717) is 24.0 Å². The maximum absolute atomic E-state index is 5.93. The molecule has 0 saturated carbocycles. The quantitative estimate of drug-likeness (QED) is 0.721. The highest BCUT2D eigenvalue weighted by molar-refractivity contribution is 5.74. The van der Waals surface area contributed by atoms with Crippen molar-refractivity contribution in [1.29, 1.82) is 0 Å². The Kier molecular flexibility index (Phi) is 2.55. The van der Waals surface area contributed by atoms with Crippen molar-refractivity contribution in [3.63, 3.8) is 0 Å². The van der Waals surface area contributed by atoms with E-state index in [2.05, 4.69) is 20.2 Å². The van der Waals surface area contributed by atoms with E-state index >= 15 is 0 Å². The number of hydrogen-bond donors (Lipinski definition) is 1. The molecule has 0 bridgehead atoms. The summed E-state index contributed by atoms with van der Waals surface area (Å²) < 4.78 is 8.72. The molecule has 0 unspecified atom stereocenters. The lowest BCUT2D eigenvalue weighted by molar-refractivity contribution is 0.399. The van der Waals surface area contributed by atoms with Crippen molar-refractivity contribution in [3.05, 3.63) is 24.3 Å². The van der Waals surface area contributed by atoms with Gasteiger partial charge in [-0.25, -0.2) is 4.98 Å². The zero-order valence-electron chi connectivity index (χ0n) is 10.6. The Morgan fingerprint density at radius 2 is 2.16 bits per heavy atom. The lowest BCUT2D eigenvalue weighted by Gasteiger charge is -2.05. The molecule has 3 rings (SSSR count). The number of ether oxygens (including phenoxy) is 1. The second-order valence-electron chi connectivity index (χ2n) is 4.11. The second kappa shape index (κ2) is 4.23. The average molecular weight is 259 g/mol. The molecule has 8 heteroatoms. The van der Waals surface area contributed by atoms with E-state index in [9.17, 15) is 0 Å². The number of nitrogen functional groups attached to an aromatic ring is 1. The molecule has 3 heterocycles. The molecule has 0 radical (unpaired) electrons. The number of aromatic nitrogens is 6. The van der Waals surface area contributed by atoms with Crippen LogP contribution in [-0.2, 0) is 13.6 Å². The van der Waals surface area contributed by atoms with E-state index in [4.69, 9.17) is 10.5 Å². The highest BCUT2D eigenvalue weighted by atomic mass is 16.5. The largest absolute Gasteiger partial charge is 0.481 e. The Labute approximate surface area is 108 Å². The van der Waals surface area contributed by atoms with Crippen LogP contribution in [0.25, 0.3) is 11.2 Å². The molecule has 0 aliphatic heterocycles. The normalized spacial score (nSPS) is 11.1. The van der Waals surface area contributed by atoms with Crippen LogP contribution in [0.15, 0.2) is 18.5 Å². The molecule has 8 nitrogen and oxygen atoms in total. The van der Waals surface area contributed by atoms with Crippen molar-refractivity contribution < 1.29 is 4.74 Å². The topological polar surface area (TPSA) is 96.7 Å². The summed E-state index contributed by atoms with van der Waals surface area (Å²) in [7, 11) is 3.44. The number of nitrogens with two attached hydrogens (primary N) is 1. The average Bonchev–Trinajstić information content (AvgIpc) is 2.94. The molecule has 0 amide bonds. The van der Waals surface area contributed by atoms with Crippen LogP contribution < -0.4 is 10.5 Å². The summed E-state index contributed by atoms with van der Waals surface area (Å²) in [6, 6.07) is 3.58.